The Hall–Kier alpha value is -3.45. The van der Waals surface area contributed by atoms with Crippen molar-refractivity contribution in [3.8, 4) is 0 Å². The summed E-state index contributed by atoms with van der Waals surface area (Å²) in [5.41, 5.74) is 0.956. The minimum atomic E-state index is -1.19. The van der Waals surface area contributed by atoms with Gasteiger partial charge in [0.25, 0.3) is 0 Å². The number of carboxylic acid groups (broad SMARTS) is 1. The largest absolute Gasteiger partial charge is 0.478 e. The normalized spacial score (nSPS) is 38.6. The van der Waals surface area contributed by atoms with E-state index in [4.69, 9.17) is 9.47 Å². The van der Waals surface area contributed by atoms with Crippen molar-refractivity contribution in [2.24, 2.45) is 50.2 Å². The van der Waals surface area contributed by atoms with E-state index in [2.05, 4.69) is 54.5 Å². The van der Waals surface area contributed by atoms with E-state index in [1.807, 2.05) is 30.3 Å². The van der Waals surface area contributed by atoms with Gasteiger partial charge in [-0.05, 0) is 120 Å². The van der Waals surface area contributed by atoms with Crippen molar-refractivity contribution in [2.45, 2.75) is 125 Å². The topological polar surface area (TPSA) is 110 Å². The van der Waals surface area contributed by atoms with E-state index in [-0.39, 0.29) is 56.5 Å². The average molecular weight is 711 g/mol. The van der Waals surface area contributed by atoms with Gasteiger partial charge in [-0.25, -0.2) is 9.59 Å². The first-order valence-electron chi connectivity index (χ1n) is 19.5. The molecule has 5 aliphatic rings. The number of fused-ring (bicyclic) bond motifs is 7. The summed E-state index contributed by atoms with van der Waals surface area (Å²) in [7, 11) is 0. The highest BCUT2D eigenvalue weighted by Crippen LogP contribution is 2.76. The summed E-state index contributed by atoms with van der Waals surface area (Å²) in [5, 5.41) is 21.6. The lowest BCUT2D eigenvalue weighted by Crippen LogP contribution is -2.67. The van der Waals surface area contributed by atoms with Gasteiger partial charge in [-0.1, -0.05) is 103 Å². The fraction of sp³-hybridized carbons (Fsp3) is 0.622. The van der Waals surface area contributed by atoms with E-state index in [1.165, 1.54) is 17.7 Å². The SMILES string of the molecule is CC1(C)CC[C@]2(C(=O)OCc3ccccc3)CC[C@]3(C)C(=CC[C@@H]4[C@@]5(C)C[C@@H](OC(=O)c6ccccc6C(=O)O)[C@H](O)C(C)(C)[C@@H]5CC[C@]43C)[C@@H]2C1. The number of hydrogen-bond donors (Lipinski definition) is 2. The summed E-state index contributed by atoms with van der Waals surface area (Å²) in [6.45, 7) is 16.5. The smallest absolute Gasteiger partial charge is 0.339 e. The van der Waals surface area contributed by atoms with Crippen LogP contribution in [0.25, 0.3) is 0 Å². The Labute approximate surface area is 309 Å². The zero-order chi connectivity index (χ0) is 37.5. The van der Waals surface area contributed by atoms with Crippen LogP contribution in [-0.2, 0) is 20.9 Å². The Morgan fingerprint density at radius 2 is 1.44 bits per heavy atom. The van der Waals surface area contributed by atoms with Crippen molar-refractivity contribution < 1.29 is 34.1 Å². The van der Waals surface area contributed by atoms with Gasteiger partial charge in [0.1, 0.15) is 12.7 Å². The number of aliphatic hydroxyl groups is 1. The number of rotatable bonds is 6. The van der Waals surface area contributed by atoms with E-state index in [9.17, 15) is 24.6 Å². The Morgan fingerprint density at radius 1 is 0.788 bits per heavy atom. The second kappa shape index (κ2) is 12.6. The van der Waals surface area contributed by atoms with Gasteiger partial charge in [0, 0.05) is 0 Å². The molecule has 280 valence electrons. The highest BCUT2D eigenvalue weighted by molar-refractivity contribution is 6.02. The van der Waals surface area contributed by atoms with Crippen LogP contribution in [0.1, 0.15) is 133 Å². The quantitative estimate of drug-likeness (QED) is 0.227. The molecule has 4 saturated carbocycles. The molecule has 0 radical (unpaired) electrons. The zero-order valence-electron chi connectivity index (χ0n) is 32.2. The van der Waals surface area contributed by atoms with Crippen molar-refractivity contribution in [1.82, 2.24) is 0 Å². The summed E-state index contributed by atoms with van der Waals surface area (Å²) in [5.74, 6) is -1.35. The van der Waals surface area contributed by atoms with Gasteiger partial charge >= 0.3 is 17.9 Å². The lowest BCUT2D eigenvalue weighted by atomic mass is 9.33. The first kappa shape index (κ1) is 36.9. The maximum atomic E-state index is 14.4. The second-order valence-electron chi connectivity index (χ2n) is 19.2. The van der Waals surface area contributed by atoms with Crippen LogP contribution in [0.5, 0.6) is 0 Å². The third-order valence-corrected chi connectivity index (χ3v) is 15.8. The number of allylic oxidation sites excluding steroid dienone is 2. The average Bonchev–Trinajstić information content (AvgIpc) is 3.10. The number of carboxylic acids is 1. The molecule has 4 fully saturated rings. The third-order valence-electron chi connectivity index (χ3n) is 15.8. The number of ether oxygens (including phenoxy) is 2. The molecule has 0 aromatic heterocycles. The monoisotopic (exact) mass is 710 g/mol. The van der Waals surface area contributed by atoms with Gasteiger partial charge in [-0.15, -0.1) is 0 Å². The summed E-state index contributed by atoms with van der Waals surface area (Å²) >= 11 is 0. The van der Waals surface area contributed by atoms with E-state index in [0.717, 1.165) is 56.9 Å². The van der Waals surface area contributed by atoms with Gasteiger partial charge in [0.05, 0.1) is 22.6 Å². The predicted octanol–water partition coefficient (Wildman–Crippen LogP) is 9.43. The van der Waals surface area contributed by atoms with Gasteiger partial charge in [-0.2, -0.15) is 0 Å². The Balaban J connectivity index is 1.22. The van der Waals surface area contributed by atoms with Crippen LogP contribution in [-0.4, -0.2) is 40.3 Å². The minimum Gasteiger partial charge on any atom is -0.478 e. The molecule has 2 N–H and O–H groups in total. The minimum absolute atomic E-state index is 0.00177. The Bertz CT molecular complexity index is 1780. The van der Waals surface area contributed by atoms with E-state index in [0.29, 0.717) is 13.0 Å². The zero-order valence-corrected chi connectivity index (χ0v) is 32.2. The van der Waals surface area contributed by atoms with Gasteiger partial charge in [0.2, 0.25) is 0 Å². The predicted molar refractivity (Wildman–Crippen MR) is 199 cm³/mol. The van der Waals surface area contributed by atoms with E-state index >= 15 is 0 Å². The van der Waals surface area contributed by atoms with E-state index in [1.54, 1.807) is 12.1 Å². The molecule has 0 saturated heterocycles. The molecule has 7 heteroatoms. The molecular formula is C45H58O7. The number of carbonyl (C=O) groups is 3. The van der Waals surface area contributed by atoms with Crippen LogP contribution in [0.4, 0.5) is 0 Å². The highest BCUT2D eigenvalue weighted by atomic mass is 16.6. The second-order valence-corrected chi connectivity index (χ2v) is 19.2. The molecular weight excluding hydrogens is 652 g/mol. The maximum absolute atomic E-state index is 14.4. The molecule has 0 bridgehead atoms. The number of carbonyl (C=O) groups excluding carboxylic acids is 2. The van der Waals surface area contributed by atoms with Crippen LogP contribution in [0, 0.1) is 50.2 Å². The first-order valence-corrected chi connectivity index (χ1v) is 19.5. The summed E-state index contributed by atoms with van der Waals surface area (Å²) < 4.78 is 12.3. The molecule has 0 spiro atoms. The number of benzene rings is 2. The van der Waals surface area contributed by atoms with Crippen LogP contribution in [0.3, 0.4) is 0 Å². The lowest BCUT2D eigenvalue weighted by Gasteiger charge is -2.71. The summed E-state index contributed by atoms with van der Waals surface area (Å²) in [6.07, 6.45) is 8.75. The van der Waals surface area contributed by atoms with Crippen LogP contribution < -0.4 is 0 Å². The number of aliphatic hydroxyl groups excluding tert-OH is 1. The summed E-state index contributed by atoms with van der Waals surface area (Å²) in [4.78, 5) is 39.9. The fourth-order valence-corrected chi connectivity index (χ4v) is 12.7. The fourth-order valence-electron chi connectivity index (χ4n) is 12.7. The van der Waals surface area contributed by atoms with Crippen molar-refractivity contribution in [3.05, 3.63) is 82.9 Å². The van der Waals surface area contributed by atoms with E-state index < -0.39 is 35.0 Å². The molecule has 0 aliphatic heterocycles. The number of esters is 2. The summed E-state index contributed by atoms with van der Waals surface area (Å²) in [6, 6.07) is 16.1. The van der Waals surface area contributed by atoms with Gasteiger partial charge < -0.3 is 19.7 Å². The van der Waals surface area contributed by atoms with Crippen molar-refractivity contribution in [3.63, 3.8) is 0 Å². The van der Waals surface area contributed by atoms with Crippen molar-refractivity contribution in [2.75, 3.05) is 0 Å². The van der Waals surface area contributed by atoms with Crippen LogP contribution >= 0.6 is 0 Å². The Kier molecular flexibility index (Phi) is 8.91. The standard InChI is InChI=1S/C45H58O7/c1-40(2)21-23-45(39(50)51-27-28-13-9-8-10-14-28)24-22-43(6)31(32(45)25-40)17-18-35-42(5)26-33(36(46)41(3,4)34(42)19-20-44(35,43)7)52-38(49)30-16-12-11-15-29(30)37(47)48/h8-17,32-36,46H,18-27H2,1-7H3,(H,47,48)/t32-,33+,34-,35+,36-,42-,43+,44+,45-/m0/s1. The van der Waals surface area contributed by atoms with Crippen molar-refractivity contribution in [1.29, 1.82) is 0 Å². The molecule has 0 unspecified atom stereocenters. The number of aromatic carboxylic acids is 1. The molecule has 5 aliphatic carbocycles. The molecule has 52 heavy (non-hydrogen) atoms. The Morgan fingerprint density at radius 3 is 2.13 bits per heavy atom. The van der Waals surface area contributed by atoms with Gasteiger partial charge in [-0.3, -0.25) is 4.79 Å². The first-order chi connectivity index (χ1) is 24.4. The molecule has 0 heterocycles. The van der Waals surface area contributed by atoms with Gasteiger partial charge in [0.15, 0.2) is 0 Å². The van der Waals surface area contributed by atoms with Crippen LogP contribution in [0.15, 0.2) is 66.2 Å². The molecule has 9 atom stereocenters. The molecule has 0 amide bonds. The third kappa shape index (κ3) is 5.50. The van der Waals surface area contributed by atoms with Crippen molar-refractivity contribution >= 4 is 17.9 Å². The lowest BCUT2D eigenvalue weighted by molar-refractivity contribution is -0.232. The molecule has 7 nitrogen and oxygen atoms in total. The molecule has 2 aromatic carbocycles. The molecule has 7 rings (SSSR count). The highest BCUT2D eigenvalue weighted by Gasteiger charge is 2.70. The molecule has 2 aromatic rings. The van der Waals surface area contributed by atoms with Crippen LogP contribution in [0.2, 0.25) is 0 Å². The number of hydrogen-bond acceptors (Lipinski definition) is 6. The maximum Gasteiger partial charge on any atom is 0.339 e.